The summed E-state index contributed by atoms with van der Waals surface area (Å²) in [6.45, 7) is 3.20. The van der Waals surface area contributed by atoms with Gasteiger partial charge in [-0.25, -0.2) is 13.1 Å². The lowest BCUT2D eigenvalue weighted by Gasteiger charge is -2.12. The number of hydrogen-bond acceptors (Lipinski definition) is 4. The number of halogens is 2. The molecule has 0 aliphatic rings. The third-order valence-corrected chi connectivity index (χ3v) is 4.99. The summed E-state index contributed by atoms with van der Waals surface area (Å²) < 4.78 is 26.6. The standard InChI is InChI=1S/C11H15BrClN3O3S/c1-6(2)16-10(17)5-15-20(18,19)9-4-7(13)3-8(14)11(9)12/h3-4,6,15H,5,14H2,1-2H3,(H,16,17). The van der Waals surface area contributed by atoms with Crippen molar-refractivity contribution >= 4 is 49.1 Å². The van der Waals surface area contributed by atoms with E-state index in [9.17, 15) is 13.2 Å². The molecule has 0 saturated carbocycles. The monoisotopic (exact) mass is 383 g/mol. The Morgan fingerprint density at radius 2 is 2.05 bits per heavy atom. The van der Waals surface area contributed by atoms with Crippen LogP contribution in [0.1, 0.15) is 13.8 Å². The molecule has 0 fully saturated rings. The summed E-state index contributed by atoms with van der Waals surface area (Å²) in [5.41, 5.74) is 5.84. The van der Waals surface area contributed by atoms with Crippen molar-refractivity contribution in [3.8, 4) is 0 Å². The molecule has 0 spiro atoms. The lowest BCUT2D eigenvalue weighted by atomic mass is 10.3. The SMILES string of the molecule is CC(C)NC(=O)CNS(=O)(=O)c1cc(Cl)cc(N)c1Br. The van der Waals surface area contributed by atoms with Crippen LogP contribution in [0.2, 0.25) is 5.02 Å². The van der Waals surface area contributed by atoms with Crippen molar-refractivity contribution in [2.45, 2.75) is 24.8 Å². The van der Waals surface area contributed by atoms with Crippen LogP contribution in [0.5, 0.6) is 0 Å². The molecule has 9 heteroatoms. The zero-order chi connectivity index (χ0) is 15.5. The lowest BCUT2D eigenvalue weighted by Crippen LogP contribution is -2.39. The van der Waals surface area contributed by atoms with Crippen LogP contribution in [0.3, 0.4) is 0 Å². The number of hydrogen-bond donors (Lipinski definition) is 3. The van der Waals surface area contributed by atoms with Gasteiger partial charge in [-0.3, -0.25) is 4.79 Å². The van der Waals surface area contributed by atoms with Crippen LogP contribution >= 0.6 is 27.5 Å². The van der Waals surface area contributed by atoms with E-state index in [2.05, 4.69) is 26.0 Å². The van der Waals surface area contributed by atoms with Gasteiger partial charge in [0.15, 0.2) is 0 Å². The van der Waals surface area contributed by atoms with Gasteiger partial charge in [-0.1, -0.05) is 11.6 Å². The summed E-state index contributed by atoms with van der Waals surface area (Å²) >= 11 is 8.88. The van der Waals surface area contributed by atoms with Crippen molar-refractivity contribution in [1.82, 2.24) is 10.0 Å². The Labute approximate surface area is 131 Å². The molecule has 1 aromatic rings. The number of carbonyl (C=O) groups excluding carboxylic acids is 1. The molecule has 0 saturated heterocycles. The van der Waals surface area contributed by atoms with E-state index in [0.717, 1.165) is 0 Å². The number of nitrogens with two attached hydrogens (primary N) is 1. The van der Waals surface area contributed by atoms with Crippen LogP contribution < -0.4 is 15.8 Å². The fraction of sp³-hybridized carbons (Fsp3) is 0.364. The fourth-order valence-electron chi connectivity index (χ4n) is 1.39. The van der Waals surface area contributed by atoms with Gasteiger partial charge < -0.3 is 11.1 Å². The van der Waals surface area contributed by atoms with Gasteiger partial charge in [0, 0.05) is 16.8 Å². The molecule has 0 bridgehead atoms. The van der Waals surface area contributed by atoms with Crippen LogP contribution in [-0.4, -0.2) is 26.9 Å². The largest absolute Gasteiger partial charge is 0.398 e. The van der Waals surface area contributed by atoms with Gasteiger partial charge in [-0.2, -0.15) is 0 Å². The molecular weight excluding hydrogens is 370 g/mol. The molecule has 1 rings (SSSR count). The number of anilines is 1. The summed E-state index contributed by atoms with van der Waals surface area (Å²) in [5.74, 6) is -0.422. The smallest absolute Gasteiger partial charge is 0.242 e. The first-order valence-electron chi connectivity index (χ1n) is 5.67. The Kier molecular flexibility index (Phi) is 5.81. The Hall–Kier alpha value is -0.830. The number of benzene rings is 1. The summed E-state index contributed by atoms with van der Waals surface area (Å²) in [7, 11) is -3.89. The van der Waals surface area contributed by atoms with E-state index >= 15 is 0 Å². The predicted molar refractivity (Wildman–Crippen MR) is 82.0 cm³/mol. The van der Waals surface area contributed by atoms with E-state index in [1.165, 1.54) is 12.1 Å². The molecule has 1 amide bonds. The Bertz CT molecular complexity index is 620. The minimum atomic E-state index is -3.89. The maximum absolute atomic E-state index is 12.1. The van der Waals surface area contributed by atoms with Crippen molar-refractivity contribution in [1.29, 1.82) is 0 Å². The molecular formula is C11H15BrClN3O3S. The minimum Gasteiger partial charge on any atom is -0.398 e. The van der Waals surface area contributed by atoms with Crippen molar-refractivity contribution in [2.24, 2.45) is 0 Å². The van der Waals surface area contributed by atoms with Crippen LogP contribution in [0.25, 0.3) is 0 Å². The van der Waals surface area contributed by atoms with Gasteiger partial charge in [-0.05, 0) is 41.9 Å². The van der Waals surface area contributed by atoms with Crippen molar-refractivity contribution in [3.05, 3.63) is 21.6 Å². The summed E-state index contributed by atoms with van der Waals surface area (Å²) in [5, 5.41) is 2.77. The average Bonchev–Trinajstić information content (AvgIpc) is 2.30. The maximum atomic E-state index is 12.1. The number of sulfonamides is 1. The van der Waals surface area contributed by atoms with Gasteiger partial charge in [0.1, 0.15) is 0 Å². The van der Waals surface area contributed by atoms with E-state index in [1.807, 2.05) is 0 Å². The average molecular weight is 385 g/mol. The van der Waals surface area contributed by atoms with Crippen molar-refractivity contribution < 1.29 is 13.2 Å². The molecule has 112 valence electrons. The van der Waals surface area contributed by atoms with E-state index in [0.29, 0.717) is 0 Å². The van der Waals surface area contributed by atoms with Crippen molar-refractivity contribution in [3.63, 3.8) is 0 Å². The first-order valence-corrected chi connectivity index (χ1v) is 8.32. The highest BCUT2D eigenvalue weighted by molar-refractivity contribution is 9.10. The van der Waals surface area contributed by atoms with Gasteiger partial charge in [0.05, 0.1) is 15.9 Å². The van der Waals surface area contributed by atoms with E-state index in [4.69, 9.17) is 17.3 Å². The highest BCUT2D eigenvalue weighted by Crippen LogP contribution is 2.31. The van der Waals surface area contributed by atoms with Crippen molar-refractivity contribution in [2.75, 3.05) is 12.3 Å². The molecule has 0 aliphatic heterocycles. The molecule has 0 heterocycles. The molecule has 4 N–H and O–H groups in total. The van der Waals surface area contributed by atoms with Crippen LogP contribution in [-0.2, 0) is 14.8 Å². The molecule has 0 radical (unpaired) electrons. The molecule has 0 unspecified atom stereocenters. The Balaban J connectivity index is 2.93. The fourth-order valence-corrected chi connectivity index (χ4v) is 3.66. The van der Waals surface area contributed by atoms with E-state index in [-0.39, 0.29) is 32.7 Å². The van der Waals surface area contributed by atoms with E-state index < -0.39 is 15.9 Å². The van der Waals surface area contributed by atoms with Crippen LogP contribution in [0, 0.1) is 0 Å². The second-order valence-corrected chi connectivity index (χ2v) is 7.32. The summed E-state index contributed by atoms with van der Waals surface area (Å²) in [6, 6.07) is 2.61. The lowest BCUT2D eigenvalue weighted by molar-refractivity contribution is -0.120. The Morgan fingerprint density at radius 3 is 2.60 bits per heavy atom. The minimum absolute atomic E-state index is 0.0689. The molecule has 20 heavy (non-hydrogen) atoms. The first-order chi connectivity index (χ1) is 9.13. The van der Waals surface area contributed by atoms with E-state index in [1.54, 1.807) is 13.8 Å². The van der Waals surface area contributed by atoms with Gasteiger partial charge in [0.25, 0.3) is 0 Å². The normalized spacial score (nSPS) is 11.7. The van der Waals surface area contributed by atoms with Gasteiger partial charge >= 0.3 is 0 Å². The molecule has 0 aromatic heterocycles. The Morgan fingerprint density at radius 1 is 1.45 bits per heavy atom. The second kappa shape index (κ2) is 6.75. The third-order valence-electron chi connectivity index (χ3n) is 2.19. The predicted octanol–water partition coefficient (Wildman–Crippen LogP) is 1.49. The topological polar surface area (TPSA) is 101 Å². The van der Waals surface area contributed by atoms with Gasteiger partial charge in [0.2, 0.25) is 15.9 Å². The zero-order valence-corrected chi connectivity index (χ0v) is 14.1. The summed E-state index contributed by atoms with van der Waals surface area (Å²) in [6.07, 6.45) is 0. The quantitative estimate of drug-likeness (QED) is 0.669. The highest BCUT2D eigenvalue weighted by Gasteiger charge is 2.21. The zero-order valence-electron chi connectivity index (χ0n) is 10.9. The van der Waals surface area contributed by atoms with Gasteiger partial charge in [-0.15, -0.1) is 0 Å². The number of amides is 1. The van der Waals surface area contributed by atoms with Crippen LogP contribution in [0.4, 0.5) is 5.69 Å². The number of nitrogen functional groups attached to an aromatic ring is 1. The highest BCUT2D eigenvalue weighted by atomic mass is 79.9. The summed E-state index contributed by atoms with van der Waals surface area (Å²) in [4.78, 5) is 11.3. The first kappa shape index (κ1) is 17.2. The number of nitrogens with one attached hydrogen (secondary N) is 2. The molecule has 0 atom stereocenters. The molecule has 1 aromatic carbocycles. The second-order valence-electron chi connectivity index (χ2n) is 4.35. The number of carbonyl (C=O) groups is 1. The third kappa shape index (κ3) is 4.62. The molecule has 6 nitrogen and oxygen atoms in total. The van der Waals surface area contributed by atoms with Crippen LogP contribution in [0.15, 0.2) is 21.5 Å². The number of rotatable bonds is 5. The maximum Gasteiger partial charge on any atom is 0.242 e. The molecule has 0 aliphatic carbocycles.